The SMILES string of the molecule is C[C@H](O)c1cc(F)ccc1Sc1ccccn1. The number of pyridine rings is 1. The molecule has 88 valence electrons. The molecule has 2 aromatic rings. The van der Waals surface area contributed by atoms with Crippen LogP contribution >= 0.6 is 11.8 Å². The summed E-state index contributed by atoms with van der Waals surface area (Å²) >= 11 is 1.41. The van der Waals surface area contributed by atoms with Gasteiger partial charge in [-0.1, -0.05) is 17.8 Å². The number of rotatable bonds is 3. The zero-order valence-corrected chi connectivity index (χ0v) is 10.1. The molecule has 4 heteroatoms. The minimum absolute atomic E-state index is 0.341. The predicted molar refractivity (Wildman–Crippen MR) is 65.4 cm³/mol. The highest BCUT2D eigenvalue weighted by molar-refractivity contribution is 7.99. The van der Waals surface area contributed by atoms with Crippen molar-refractivity contribution in [3.05, 3.63) is 54.0 Å². The van der Waals surface area contributed by atoms with E-state index in [-0.39, 0.29) is 5.82 Å². The van der Waals surface area contributed by atoms with Crippen molar-refractivity contribution in [3.8, 4) is 0 Å². The molecule has 1 aromatic carbocycles. The van der Waals surface area contributed by atoms with Gasteiger partial charge >= 0.3 is 0 Å². The maximum absolute atomic E-state index is 13.1. The topological polar surface area (TPSA) is 33.1 Å². The van der Waals surface area contributed by atoms with Crippen LogP contribution in [0.5, 0.6) is 0 Å². The van der Waals surface area contributed by atoms with E-state index in [0.29, 0.717) is 5.56 Å². The summed E-state index contributed by atoms with van der Waals surface area (Å²) in [6, 6.07) is 10.0. The molecule has 0 unspecified atom stereocenters. The maximum atomic E-state index is 13.1. The van der Waals surface area contributed by atoms with Gasteiger partial charge in [0.25, 0.3) is 0 Å². The van der Waals surface area contributed by atoms with E-state index in [1.54, 1.807) is 19.2 Å². The third-order valence-corrected chi connectivity index (χ3v) is 3.32. The average Bonchev–Trinajstić information content (AvgIpc) is 2.32. The van der Waals surface area contributed by atoms with Crippen LogP contribution in [0.25, 0.3) is 0 Å². The Morgan fingerprint density at radius 3 is 2.76 bits per heavy atom. The van der Waals surface area contributed by atoms with Gasteiger partial charge in [0.2, 0.25) is 0 Å². The van der Waals surface area contributed by atoms with Crippen LogP contribution in [0.15, 0.2) is 52.5 Å². The Hall–Kier alpha value is -1.39. The molecule has 0 aliphatic rings. The lowest BCUT2D eigenvalue weighted by Crippen LogP contribution is -1.95. The Morgan fingerprint density at radius 1 is 1.29 bits per heavy atom. The fraction of sp³-hybridized carbons (Fsp3) is 0.154. The Kier molecular flexibility index (Phi) is 3.76. The van der Waals surface area contributed by atoms with Gasteiger partial charge < -0.3 is 5.11 Å². The van der Waals surface area contributed by atoms with E-state index in [9.17, 15) is 9.50 Å². The summed E-state index contributed by atoms with van der Waals surface area (Å²) in [5.74, 6) is -0.341. The fourth-order valence-electron chi connectivity index (χ4n) is 1.46. The quantitative estimate of drug-likeness (QED) is 0.904. The average molecular weight is 249 g/mol. The van der Waals surface area contributed by atoms with Crippen LogP contribution in [-0.4, -0.2) is 10.1 Å². The smallest absolute Gasteiger partial charge is 0.123 e. The summed E-state index contributed by atoms with van der Waals surface area (Å²) in [6.07, 6.45) is 1.00. The third-order valence-electron chi connectivity index (χ3n) is 2.27. The Balaban J connectivity index is 2.33. The molecular weight excluding hydrogens is 237 g/mol. The van der Waals surface area contributed by atoms with E-state index < -0.39 is 6.10 Å². The lowest BCUT2D eigenvalue weighted by Gasteiger charge is -2.11. The standard InChI is InChI=1S/C13H12FNOS/c1-9(16)11-8-10(14)5-6-12(11)17-13-4-2-3-7-15-13/h2-9,16H,1H3/t9-/m0/s1. The van der Waals surface area contributed by atoms with E-state index in [0.717, 1.165) is 9.92 Å². The van der Waals surface area contributed by atoms with Crippen LogP contribution in [0.4, 0.5) is 4.39 Å². The first kappa shape index (κ1) is 12.1. The summed E-state index contributed by atoms with van der Waals surface area (Å²) in [7, 11) is 0. The Bertz CT molecular complexity index is 502. The van der Waals surface area contributed by atoms with Gasteiger partial charge in [-0.05, 0) is 42.8 Å². The second-order valence-electron chi connectivity index (χ2n) is 3.63. The molecule has 2 rings (SSSR count). The second kappa shape index (κ2) is 5.29. The van der Waals surface area contributed by atoms with Gasteiger partial charge in [-0.25, -0.2) is 9.37 Å². The number of aliphatic hydroxyl groups is 1. The second-order valence-corrected chi connectivity index (χ2v) is 4.69. The number of halogens is 1. The monoisotopic (exact) mass is 249 g/mol. The van der Waals surface area contributed by atoms with Crippen LogP contribution in [0.1, 0.15) is 18.6 Å². The molecule has 1 heterocycles. The molecule has 1 atom stereocenters. The molecule has 0 spiro atoms. The summed E-state index contributed by atoms with van der Waals surface area (Å²) in [6.45, 7) is 1.62. The van der Waals surface area contributed by atoms with Crippen LogP contribution < -0.4 is 0 Å². The van der Waals surface area contributed by atoms with Crippen LogP contribution in [0.2, 0.25) is 0 Å². The minimum atomic E-state index is -0.697. The van der Waals surface area contributed by atoms with E-state index in [1.165, 1.54) is 23.9 Å². The molecule has 17 heavy (non-hydrogen) atoms. The number of aromatic nitrogens is 1. The highest BCUT2D eigenvalue weighted by Gasteiger charge is 2.10. The molecule has 0 amide bonds. The van der Waals surface area contributed by atoms with Gasteiger partial charge in [-0.3, -0.25) is 0 Å². The van der Waals surface area contributed by atoms with E-state index in [4.69, 9.17) is 0 Å². The zero-order valence-electron chi connectivity index (χ0n) is 9.30. The van der Waals surface area contributed by atoms with Crippen molar-refractivity contribution in [2.45, 2.75) is 22.9 Å². The van der Waals surface area contributed by atoms with Crippen LogP contribution in [0, 0.1) is 5.82 Å². The van der Waals surface area contributed by atoms with Crippen LogP contribution in [-0.2, 0) is 0 Å². The zero-order chi connectivity index (χ0) is 12.3. The van der Waals surface area contributed by atoms with Gasteiger partial charge in [0.1, 0.15) is 10.8 Å². The van der Waals surface area contributed by atoms with Gasteiger partial charge in [-0.15, -0.1) is 0 Å². The van der Waals surface area contributed by atoms with Crippen molar-refractivity contribution in [1.82, 2.24) is 4.98 Å². The highest BCUT2D eigenvalue weighted by Crippen LogP contribution is 2.32. The number of nitrogens with zero attached hydrogens (tertiary/aromatic N) is 1. The lowest BCUT2D eigenvalue weighted by molar-refractivity contribution is 0.196. The van der Waals surface area contributed by atoms with Gasteiger partial charge in [-0.2, -0.15) is 0 Å². The molecule has 1 aromatic heterocycles. The molecule has 0 bridgehead atoms. The predicted octanol–water partition coefficient (Wildman–Crippen LogP) is 3.43. The summed E-state index contributed by atoms with van der Waals surface area (Å²) in [4.78, 5) is 5.00. The Morgan fingerprint density at radius 2 is 2.12 bits per heavy atom. The molecule has 0 radical (unpaired) electrons. The van der Waals surface area contributed by atoms with Crippen molar-refractivity contribution >= 4 is 11.8 Å². The first-order valence-corrected chi connectivity index (χ1v) is 6.05. The molecule has 0 saturated heterocycles. The van der Waals surface area contributed by atoms with E-state index in [2.05, 4.69) is 4.98 Å². The molecular formula is C13H12FNOS. The van der Waals surface area contributed by atoms with E-state index >= 15 is 0 Å². The van der Waals surface area contributed by atoms with Gasteiger partial charge in [0.15, 0.2) is 0 Å². The van der Waals surface area contributed by atoms with Crippen molar-refractivity contribution in [2.24, 2.45) is 0 Å². The first-order chi connectivity index (χ1) is 8.16. The van der Waals surface area contributed by atoms with Crippen molar-refractivity contribution < 1.29 is 9.50 Å². The van der Waals surface area contributed by atoms with Crippen LogP contribution in [0.3, 0.4) is 0 Å². The van der Waals surface area contributed by atoms with Gasteiger partial charge in [0.05, 0.1) is 6.10 Å². The Labute approximate surface area is 104 Å². The molecule has 2 nitrogen and oxygen atoms in total. The fourth-order valence-corrected chi connectivity index (χ4v) is 2.43. The largest absolute Gasteiger partial charge is 0.389 e. The third kappa shape index (κ3) is 3.05. The number of hydrogen-bond acceptors (Lipinski definition) is 3. The molecule has 1 N–H and O–H groups in total. The van der Waals surface area contributed by atoms with E-state index in [1.807, 2.05) is 18.2 Å². The molecule has 0 saturated carbocycles. The van der Waals surface area contributed by atoms with Crippen molar-refractivity contribution in [3.63, 3.8) is 0 Å². The summed E-state index contributed by atoms with van der Waals surface area (Å²) < 4.78 is 13.1. The maximum Gasteiger partial charge on any atom is 0.123 e. The minimum Gasteiger partial charge on any atom is -0.389 e. The van der Waals surface area contributed by atoms with Crippen molar-refractivity contribution in [1.29, 1.82) is 0 Å². The number of benzene rings is 1. The number of aliphatic hydroxyl groups excluding tert-OH is 1. The molecule has 0 fully saturated rings. The molecule has 0 aliphatic heterocycles. The van der Waals surface area contributed by atoms with Gasteiger partial charge in [0, 0.05) is 11.1 Å². The summed E-state index contributed by atoms with van der Waals surface area (Å²) in [5.41, 5.74) is 0.584. The highest BCUT2D eigenvalue weighted by atomic mass is 32.2. The first-order valence-electron chi connectivity index (χ1n) is 5.23. The van der Waals surface area contributed by atoms with Crippen molar-refractivity contribution in [2.75, 3.05) is 0 Å². The normalized spacial score (nSPS) is 12.4. The lowest BCUT2D eigenvalue weighted by atomic mass is 10.1. The summed E-state index contributed by atoms with van der Waals surface area (Å²) in [5, 5.41) is 10.4. The molecule has 0 aliphatic carbocycles. The number of hydrogen-bond donors (Lipinski definition) is 1.